The summed E-state index contributed by atoms with van der Waals surface area (Å²) in [6.07, 6.45) is 4.03. The maximum absolute atomic E-state index is 11.9. The number of carbonyl (C=O) groups excluding carboxylic acids is 3. The summed E-state index contributed by atoms with van der Waals surface area (Å²) >= 11 is 0. The van der Waals surface area contributed by atoms with E-state index in [0.29, 0.717) is 5.92 Å². The number of imide groups is 1. The highest BCUT2D eigenvalue weighted by Gasteiger charge is 2.24. The highest BCUT2D eigenvalue weighted by Crippen LogP contribution is 2.23. The van der Waals surface area contributed by atoms with Crippen LogP contribution in [0.25, 0.3) is 0 Å². The molecule has 1 aliphatic rings. The maximum Gasteiger partial charge on any atom is 0.345 e. The molecule has 2 N–H and O–H groups in total. The van der Waals surface area contributed by atoms with E-state index in [1.807, 2.05) is 6.92 Å². The van der Waals surface area contributed by atoms with Crippen LogP contribution in [0.4, 0.5) is 10.5 Å². The van der Waals surface area contributed by atoms with Crippen molar-refractivity contribution in [3.05, 3.63) is 39.9 Å². The molecule has 2 atom stereocenters. The summed E-state index contributed by atoms with van der Waals surface area (Å²) < 4.78 is 4.76. The number of nitro groups is 1. The number of benzene rings is 1. The van der Waals surface area contributed by atoms with Crippen LogP contribution in [0.5, 0.6) is 0 Å². The van der Waals surface area contributed by atoms with Gasteiger partial charge in [0.05, 0.1) is 4.92 Å². The lowest BCUT2D eigenvalue weighted by Gasteiger charge is -2.29. The first-order valence-corrected chi connectivity index (χ1v) is 8.39. The van der Waals surface area contributed by atoms with E-state index in [4.69, 9.17) is 4.74 Å². The minimum Gasteiger partial charge on any atom is -0.452 e. The fourth-order valence-corrected chi connectivity index (χ4v) is 2.91. The molecule has 0 heterocycles. The SMILES string of the molecule is C[C@@H]1CCCC[C@@H]1NC(=O)NC(=O)COC(=O)c1ccccc1[N+](=O)[O-]. The number of nitrogens with zero attached hydrogens (tertiary/aromatic N) is 1. The lowest BCUT2D eigenvalue weighted by Crippen LogP contribution is -2.48. The fraction of sp³-hybridized carbons (Fsp3) is 0.471. The number of rotatable bonds is 5. The Kier molecular flexibility index (Phi) is 6.65. The molecule has 1 saturated carbocycles. The molecule has 0 spiro atoms. The Hall–Kier alpha value is -2.97. The zero-order chi connectivity index (χ0) is 19.1. The molecule has 3 amide bonds. The Morgan fingerprint density at radius 1 is 1.23 bits per heavy atom. The molecule has 0 unspecified atom stereocenters. The van der Waals surface area contributed by atoms with Gasteiger partial charge in [0.25, 0.3) is 11.6 Å². The Morgan fingerprint density at radius 3 is 2.62 bits per heavy atom. The van der Waals surface area contributed by atoms with Gasteiger partial charge < -0.3 is 10.1 Å². The number of para-hydroxylation sites is 1. The standard InChI is InChI=1S/C17H21N3O6/c1-11-6-2-4-8-13(11)18-17(23)19-15(21)10-26-16(22)12-7-3-5-9-14(12)20(24)25/h3,5,7,9,11,13H,2,4,6,8,10H2,1H3,(H2,18,19,21,23)/t11-,13+/m1/s1. The number of carbonyl (C=O) groups is 3. The van der Waals surface area contributed by atoms with E-state index < -0.39 is 35.1 Å². The van der Waals surface area contributed by atoms with Crippen molar-refractivity contribution in [3.8, 4) is 0 Å². The molecule has 0 radical (unpaired) electrons. The lowest BCUT2D eigenvalue weighted by atomic mass is 9.86. The molecule has 26 heavy (non-hydrogen) atoms. The van der Waals surface area contributed by atoms with Gasteiger partial charge in [-0.3, -0.25) is 20.2 Å². The maximum atomic E-state index is 11.9. The molecule has 1 fully saturated rings. The molecule has 0 aliphatic heterocycles. The third-order valence-electron chi connectivity index (χ3n) is 4.34. The minimum atomic E-state index is -1.01. The third kappa shape index (κ3) is 5.27. The summed E-state index contributed by atoms with van der Waals surface area (Å²) in [5.74, 6) is -1.48. The molecule has 0 saturated heterocycles. The Labute approximate surface area is 150 Å². The summed E-state index contributed by atoms with van der Waals surface area (Å²) in [6.45, 7) is 1.33. The molecule has 2 rings (SSSR count). The van der Waals surface area contributed by atoms with Crippen molar-refractivity contribution in [1.29, 1.82) is 0 Å². The van der Waals surface area contributed by atoms with Crippen molar-refractivity contribution in [2.45, 2.75) is 38.6 Å². The molecular weight excluding hydrogens is 342 g/mol. The lowest BCUT2D eigenvalue weighted by molar-refractivity contribution is -0.385. The first kappa shape index (κ1) is 19.4. The normalized spacial score (nSPS) is 19.3. The molecular formula is C17H21N3O6. The zero-order valence-corrected chi connectivity index (χ0v) is 14.4. The zero-order valence-electron chi connectivity index (χ0n) is 14.4. The summed E-state index contributed by atoms with van der Waals surface area (Å²) in [5.41, 5.74) is -0.673. The molecule has 9 heteroatoms. The number of nitrogens with one attached hydrogen (secondary N) is 2. The second-order valence-corrected chi connectivity index (χ2v) is 6.24. The largest absolute Gasteiger partial charge is 0.452 e. The van der Waals surface area contributed by atoms with E-state index in [2.05, 4.69) is 10.6 Å². The number of hydrogen-bond donors (Lipinski definition) is 2. The monoisotopic (exact) mass is 363 g/mol. The van der Waals surface area contributed by atoms with Crippen LogP contribution in [0.2, 0.25) is 0 Å². The van der Waals surface area contributed by atoms with Gasteiger partial charge >= 0.3 is 12.0 Å². The second-order valence-electron chi connectivity index (χ2n) is 6.24. The fourth-order valence-electron chi connectivity index (χ4n) is 2.91. The van der Waals surface area contributed by atoms with Gasteiger partial charge in [-0.1, -0.05) is 31.9 Å². The van der Waals surface area contributed by atoms with E-state index in [9.17, 15) is 24.5 Å². The van der Waals surface area contributed by atoms with E-state index in [1.54, 1.807) is 0 Å². The summed E-state index contributed by atoms with van der Waals surface area (Å²) in [6, 6.07) is 4.62. The van der Waals surface area contributed by atoms with Gasteiger partial charge in [-0.2, -0.15) is 0 Å². The quantitative estimate of drug-likeness (QED) is 0.469. The number of esters is 1. The van der Waals surface area contributed by atoms with Crippen LogP contribution in [0.3, 0.4) is 0 Å². The Bertz CT molecular complexity index is 705. The molecule has 1 aliphatic carbocycles. The Morgan fingerprint density at radius 2 is 1.92 bits per heavy atom. The van der Waals surface area contributed by atoms with Crippen LogP contribution in [-0.4, -0.2) is 35.5 Å². The van der Waals surface area contributed by atoms with E-state index >= 15 is 0 Å². The van der Waals surface area contributed by atoms with Crippen molar-refractivity contribution < 1.29 is 24.0 Å². The molecule has 1 aromatic carbocycles. The molecule has 1 aromatic rings. The number of urea groups is 1. The molecule has 0 aromatic heterocycles. The van der Waals surface area contributed by atoms with Crippen molar-refractivity contribution in [2.75, 3.05) is 6.61 Å². The summed E-state index contributed by atoms with van der Waals surface area (Å²) in [5, 5.41) is 15.7. The number of amides is 3. The number of hydrogen-bond acceptors (Lipinski definition) is 6. The van der Waals surface area contributed by atoms with Crippen LogP contribution in [0.15, 0.2) is 24.3 Å². The van der Waals surface area contributed by atoms with Crippen molar-refractivity contribution in [2.24, 2.45) is 5.92 Å². The topological polar surface area (TPSA) is 128 Å². The summed E-state index contributed by atoms with van der Waals surface area (Å²) in [7, 11) is 0. The number of nitro benzene ring substituents is 1. The average molecular weight is 363 g/mol. The van der Waals surface area contributed by atoms with Gasteiger partial charge in [-0.25, -0.2) is 9.59 Å². The van der Waals surface area contributed by atoms with Gasteiger partial charge in [0.1, 0.15) is 5.56 Å². The van der Waals surface area contributed by atoms with Gasteiger partial charge in [-0.15, -0.1) is 0 Å². The molecule has 0 bridgehead atoms. The first-order valence-electron chi connectivity index (χ1n) is 8.39. The molecule has 140 valence electrons. The predicted molar refractivity (Wildman–Crippen MR) is 91.5 cm³/mol. The first-order chi connectivity index (χ1) is 12.4. The highest BCUT2D eigenvalue weighted by molar-refractivity contribution is 5.98. The van der Waals surface area contributed by atoms with Gasteiger partial charge in [0.15, 0.2) is 6.61 Å². The third-order valence-corrected chi connectivity index (χ3v) is 4.34. The highest BCUT2D eigenvalue weighted by atomic mass is 16.6. The van der Waals surface area contributed by atoms with Gasteiger partial charge in [0.2, 0.25) is 0 Å². The minimum absolute atomic E-state index is 0.00562. The number of ether oxygens (including phenoxy) is 1. The van der Waals surface area contributed by atoms with E-state index in [-0.39, 0.29) is 11.6 Å². The predicted octanol–water partition coefficient (Wildman–Crippen LogP) is 2.16. The van der Waals surface area contributed by atoms with E-state index in [0.717, 1.165) is 31.7 Å². The van der Waals surface area contributed by atoms with Gasteiger partial charge in [0, 0.05) is 12.1 Å². The van der Waals surface area contributed by atoms with E-state index in [1.165, 1.54) is 18.2 Å². The average Bonchev–Trinajstić information content (AvgIpc) is 2.61. The van der Waals surface area contributed by atoms with Crippen LogP contribution in [0, 0.1) is 16.0 Å². The second kappa shape index (κ2) is 8.93. The van der Waals surface area contributed by atoms with Crippen molar-refractivity contribution in [3.63, 3.8) is 0 Å². The molecule has 9 nitrogen and oxygen atoms in total. The summed E-state index contributed by atoms with van der Waals surface area (Å²) in [4.78, 5) is 45.7. The van der Waals surface area contributed by atoms with Crippen LogP contribution < -0.4 is 10.6 Å². The van der Waals surface area contributed by atoms with Crippen LogP contribution in [-0.2, 0) is 9.53 Å². The van der Waals surface area contributed by atoms with Crippen molar-refractivity contribution >= 4 is 23.6 Å². The van der Waals surface area contributed by atoms with Crippen LogP contribution in [0.1, 0.15) is 43.0 Å². The van der Waals surface area contributed by atoms with Crippen LogP contribution >= 0.6 is 0 Å². The smallest absolute Gasteiger partial charge is 0.345 e. The van der Waals surface area contributed by atoms with Gasteiger partial charge in [-0.05, 0) is 24.8 Å². The van der Waals surface area contributed by atoms with Crippen molar-refractivity contribution in [1.82, 2.24) is 10.6 Å². The Balaban J connectivity index is 1.82.